The fourth-order valence-electron chi connectivity index (χ4n) is 2.14. The maximum Gasteiger partial charge on any atom is 0.190 e. The molecule has 0 saturated heterocycles. The predicted octanol–water partition coefficient (Wildman–Crippen LogP) is 3.35. The van der Waals surface area contributed by atoms with Gasteiger partial charge in [0.2, 0.25) is 0 Å². The smallest absolute Gasteiger partial charge is 0.190 e. The van der Waals surface area contributed by atoms with E-state index in [1.165, 1.54) is 11.1 Å². The topological polar surface area (TPSA) is 45.7 Å². The van der Waals surface area contributed by atoms with Crippen LogP contribution in [0, 0.1) is 0 Å². The summed E-state index contributed by atoms with van der Waals surface area (Å²) in [6.45, 7) is 9.23. The lowest BCUT2D eigenvalue weighted by Gasteiger charge is -2.19. The number of nitrogens with one attached hydrogen (secondary N) is 2. The van der Waals surface area contributed by atoms with Crippen LogP contribution in [0.2, 0.25) is 0 Å². The van der Waals surface area contributed by atoms with Crippen LogP contribution in [0.25, 0.3) is 0 Å². The van der Waals surface area contributed by atoms with Crippen molar-refractivity contribution in [3.05, 3.63) is 35.4 Å². The van der Waals surface area contributed by atoms with Gasteiger partial charge in [0.25, 0.3) is 0 Å². The Labute approximate surface area is 158 Å². The summed E-state index contributed by atoms with van der Waals surface area (Å²) in [5, 5.41) is 6.62. The van der Waals surface area contributed by atoms with E-state index < -0.39 is 0 Å². The molecule has 0 spiro atoms. The number of halogens is 1. The van der Waals surface area contributed by atoms with Crippen molar-refractivity contribution in [2.45, 2.75) is 39.0 Å². The minimum absolute atomic E-state index is 0. The second-order valence-electron chi connectivity index (χ2n) is 6.47. The number of aliphatic imine (C=N–C) groups is 1. The summed E-state index contributed by atoms with van der Waals surface area (Å²) in [6.07, 6.45) is 1.97. The molecule has 1 aromatic carbocycles. The zero-order valence-electron chi connectivity index (χ0n) is 15.1. The third-order valence-corrected chi connectivity index (χ3v) is 3.57. The first-order chi connectivity index (χ1) is 10.5. The van der Waals surface area contributed by atoms with Crippen LogP contribution in [0.15, 0.2) is 29.3 Å². The van der Waals surface area contributed by atoms with E-state index >= 15 is 0 Å². The SMILES string of the molecule is CN=C(NCCCOC)NCCc1ccc(C(C)(C)C)cc1.I. The van der Waals surface area contributed by atoms with Crippen LogP contribution in [0.3, 0.4) is 0 Å². The Morgan fingerprint density at radius 1 is 1.09 bits per heavy atom. The summed E-state index contributed by atoms with van der Waals surface area (Å²) >= 11 is 0. The second kappa shape index (κ2) is 11.7. The molecule has 1 rings (SSSR count). The largest absolute Gasteiger partial charge is 0.385 e. The first kappa shape index (κ1) is 22.2. The van der Waals surface area contributed by atoms with Crippen LogP contribution >= 0.6 is 24.0 Å². The van der Waals surface area contributed by atoms with Gasteiger partial charge in [-0.2, -0.15) is 0 Å². The Morgan fingerprint density at radius 2 is 1.70 bits per heavy atom. The third kappa shape index (κ3) is 9.15. The molecule has 1 aromatic rings. The number of ether oxygens (including phenoxy) is 1. The quantitative estimate of drug-likeness (QED) is 0.300. The molecule has 0 saturated carbocycles. The Bertz CT molecular complexity index is 452. The average molecular weight is 433 g/mol. The molecule has 0 amide bonds. The number of benzene rings is 1. The van der Waals surface area contributed by atoms with Gasteiger partial charge >= 0.3 is 0 Å². The number of hydrogen-bond donors (Lipinski definition) is 2. The van der Waals surface area contributed by atoms with Crippen molar-refractivity contribution in [2.24, 2.45) is 4.99 Å². The van der Waals surface area contributed by atoms with Crippen LogP contribution in [-0.2, 0) is 16.6 Å². The molecule has 2 N–H and O–H groups in total. The van der Waals surface area contributed by atoms with Crippen molar-refractivity contribution in [3.8, 4) is 0 Å². The van der Waals surface area contributed by atoms with E-state index in [9.17, 15) is 0 Å². The van der Waals surface area contributed by atoms with Crippen molar-refractivity contribution >= 4 is 29.9 Å². The monoisotopic (exact) mass is 433 g/mol. The van der Waals surface area contributed by atoms with Gasteiger partial charge in [-0.3, -0.25) is 4.99 Å². The number of hydrogen-bond acceptors (Lipinski definition) is 2. The molecule has 0 aliphatic heterocycles. The van der Waals surface area contributed by atoms with E-state index in [1.807, 2.05) is 0 Å². The van der Waals surface area contributed by atoms with Crippen LogP contribution in [0.1, 0.15) is 38.3 Å². The van der Waals surface area contributed by atoms with Gasteiger partial charge in [-0.25, -0.2) is 0 Å². The lowest BCUT2D eigenvalue weighted by atomic mass is 9.86. The maximum absolute atomic E-state index is 5.03. The molecule has 0 aromatic heterocycles. The van der Waals surface area contributed by atoms with Gasteiger partial charge in [-0.1, -0.05) is 45.0 Å². The fourth-order valence-corrected chi connectivity index (χ4v) is 2.14. The first-order valence-corrected chi connectivity index (χ1v) is 8.00. The van der Waals surface area contributed by atoms with Gasteiger partial charge in [-0.15, -0.1) is 24.0 Å². The molecule has 0 fully saturated rings. The zero-order valence-corrected chi connectivity index (χ0v) is 17.4. The van der Waals surface area contributed by atoms with Crippen molar-refractivity contribution in [1.82, 2.24) is 10.6 Å². The Hall–Kier alpha value is -0.820. The highest BCUT2D eigenvalue weighted by atomic mass is 127. The number of nitrogens with zero attached hydrogens (tertiary/aromatic N) is 1. The van der Waals surface area contributed by atoms with Gasteiger partial charge in [0.05, 0.1) is 0 Å². The number of methoxy groups -OCH3 is 1. The van der Waals surface area contributed by atoms with Gasteiger partial charge in [0.1, 0.15) is 0 Å². The van der Waals surface area contributed by atoms with Crippen LogP contribution in [0.5, 0.6) is 0 Å². The van der Waals surface area contributed by atoms with E-state index in [1.54, 1.807) is 14.2 Å². The molecule has 0 atom stereocenters. The predicted molar refractivity (Wildman–Crippen MR) is 110 cm³/mol. The molecule has 0 unspecified atom stereocenters. The Balaban J connectivity index is 0.00000484. The first-order valence-electron chi connectivity index (χ1n) is 8.00. The lowest BCUT2D eigenvalue weighted by Crippen LogP contribution is -2.39. The van der Waals surface area contributed by atoms with E-state index in [0.717, 1.165) is 38.5 Å². The van der Waals surface area contributed by atoms with Crippen molar-refractivity contribution < 1.29 is 4.74 Å². The van der Waals surface area contributed by atoms with E-state index in [0.29, 0.717) is 0 Å². The standard InChI is InChI=1S/C18H31N3O.HI/c1-18(2,3)16-9-7-15(8-10-16)11-13-21-17(19-4)20-12-6-14-22-5;/h7-10H,6,11-14H2,1-5H3,(H2,19,20,21);1H. The Kier molecular flexibility index (Phi) is 11.3. The molecule has 23 heavy (non-hydrogen) atoms. The van der Waals surface area contributed by atoms with E-state index in [4.69, 9.17) is 4.74 Å². The summed E-state index contributed by atoms with van der Waals surface area (Å²) in [5.41, 5.74) is 2.93. The van der Waals surface area contributed by atoms with Crippen LogP contribution in [0.4, 0.5) is 0 Å². The molecule has 4 nitrogen and oxygen atoms in total. The number of rotatable bonds is 7. The highest BCUT2D eigenvalue weighted by molar-refractivity contribution is 14.0. The normalized spacial score (nSPS) is 11.8. The summed E-state index contributed by atoms with van der Waals surface area (Å²) in [4.78, 5) is 4.22. The molecule has 5 heteroatoms. The van der Waals surface area contributed by atoms with Crippen molar-refractivity contribution in [3.63, 3.8) is 0 Å². The summed E-state index contributed by atoms with van der Waals surface area (Å²) < 4.78 is 5.03. The van der Waals surface area contributed by atoms with E-state index in [-0.39, 0.29) is 29.4 Å². The van der Waals surface area contributed by atoms with Crippen molar-refractivity contribution in [2.75, 3.05) is 33.9 Å². The highest BCUT2D eigenvalue weighted by Gasteiger charge is 2.12. The highest BCUT2D eigenvalue weighted by Crippen LogP contribution is 2.22. The van der Waals surface area contributed by atoms with Crippen molar-refractivity contribution in [1.29, 1.82) is 0 Å². The second-order valence-corrected chi connectivity index (χ2v) is 6.47. The Morgan fingerprint density at radius 3 is 2.22 bits per heavy atom. The molecular weight excluding hydrogens is 401 g/mol. The zero-order chi connectivity index (χ0) is 16.4. The minimum Gasteiger partial charge on any atom is -0.385 e. The molecule has 132 valence electrons. The summed E-state index contributed by atoms with van der Waals surface area (Å²) in [7, 11) is 3.52. The average Bonchev–Trinajstić information content (AvgIpc) is 2.49. The van der Waals surface area contributed by atoms with Gasteiger partial charge in [0, 0.05) is 33.9 Å². The summed E-state index contributed by atoms with van der Waals surface area (Å²) in [5.74, 6) is 0.849. The third-order valence-electron chi connectivity index (χ3n) is 3.57. The molecule has 0 aliphatic carbocycles. The lowest BCUT2D eigenvalue weighted by molar-refractivity contribution is 0.195. The molecule has 0 radical (unpaired) electrons. The maximum atomic E-state index is 5.03. The molecular formula is C18H32IN3O. The minimum atomic E-state index is 0. The summed E-state index contributed by atoms with van der Waals surface area (Å²) in [6, 6.07) is 8.90. The van der Waals surface area contributed by atoms with Crippen LogP contribution < -0.4 is 10.6 Å². The van der Waals surface area contributed by atoms with E-state index in [2.05, 4.69) is 60.7 Å². The van der Waals surface area contributed by atoms with Gasteiger partial charge in [-0.05, 0) is 29.4 Å². The molecule has 0 heterocycles. The van der Waals surface area contributed by atoms with Crippen LogP contribution in [-0.4, -0.2) is 39.8 Å². The number of guanidine groups is 1. The fraction of sp³-hybridized carbons (Fsp3) is 0.611. The molecule has 0 aliphatic rings. The van der Waals surface area contributed by atoms with Gasteiger partial charge in [0.15, 0.2) is 5.96 Å². The van der Waals surface area contributed by atoms with Gasteiger partial charge < -0.3 is 15.4 Å². The molecule has 0 bridgehead atoms.